The molecule has 1 fully saturated rings. The Morgan fingerprint density at radius 1 is 1.25 bits per heavy atom. The number of guanidine groups is 1. The average molecular weight is 507 g/mol. The fourth-order valence-corrected chi connectivity index (χ4v) is 3.67. The summed E-state index contributed by atoms with van der Waals surface area (Å²) < 4.78 is 5.29. The van der Waals surface area contributed by atoms with Crippen LogP contribution in [0, 0.1) is 5.41 Å². The summed E-state index contributed by atoms with van der Waals surface area (Å²) in [5, 5.41) is 20.2. The van der Waals surface area contributed by atoms with Crippen molar-refractivity contribution >= 4 is 29.9 Å². The molecule has 0 radical (unpaired) electrons. The number of nitrogens with zero attached hydrogens (tertiary/aromatic N) is 3. The van der Waals surface area contributed by atoms with Crippen LogP contribution in [0.1, 0.15) is 83.3 Å². The highest BCUT2D eigenvalue weighted by Crippen LogP contribution is 2.39. The predicted molar refractivity (Wildman–Crippen MR) is 123 cm³/mol. The molecule has 2 rings (SSSR count). The quantitative estimate of drug-likeness (QED) is 0.194. The highest BCUT2D eigenvalue weighted by atomic mass is 127. The summed E-state index contributed by atoms with van der Waals surface area (Å²) in [6.07, 6.45) is 8.68. The lowest BCUT2D eigenvalue weighted by molar-refractivity contribution is 0.137. The maximum Gasteiger partial charge on any atom is 0.226 e. The molecule has 0 spiro atoms. The molecule has 162 valence electrons. The van der Waals surface area contributed by atoms with Gasteiger partial charge in [-0.05, 0) is 38.0 Å². The molecule has 1 aliphatic carbocycles. The zero-order chi connectivity index (χ0) is 19.5. The van der Waals surface area contributed by atoms with E-state index in [1.165, 1.54) is 32.1 Å². The standard InChI is InChI=1S/C20H37N5O2.HI/c1-4-21-19(23-15-20(12-14-26)10-6-5-7-11-20)22-13-8-9-17-24-18(16(2)3)25-27-17;/h16,26H,4-15H2,1-3H3,(H2,21,22,23);1H. The van der Waals surface area contributed by atoms with E-state index in [4.69, 9.17) is 9.52 Å². The molecule has 0 aromatic carbocycles. The number of halogens is 1. The lowest BCUT2D eigenvalue weighted by Crippen LogP contribution is -2.39. The van der Waals surface area contributed by atoms with Gasteiger partial charge in [-0.25, -0.2) is 0 Å². The van der Waals surface area contributed by atoms with Gasteiger partial charge < -0.3 is 20.3 Å². The first kappa shape index (κ1) is 25.1. The predicted octanol–water partition coefficient (Wildman–Crippen LogP) is 3.63. The molecular formula is C20H38IN5O2. The van der Waals surface area contributed by atoms with Crippen LogP contribution in [0.15, 0.2) is 9.52 Å². The van der Waals surface area contributed by atoms with Crippen molar-refractivity contribution in [2.45, 2.75) is 78.1 Å². The van der Waals surface area contributed by atoms with Gasteiger partial charge in [0.2, 0.25) is 5.89 Å². The first-order valence-corrected chi connectivity index (χ1v) is 10.5. The SMILES string of the molecule is CCNC(=NCC1(CCO)CCCCC1)NCCCc1nc(C(C)C)no1.I. The van der Waals surface area contributed by atoms with E-state index in [1.807, 2.05) is 0 Å². The number of hydrogen-bond donors (Lipinski definition) is 3. The van der Waals surface area contributed by atoms with Gasteiger partial charge >= 0.3 is 0 Å². The second-order valence-electron chi connectivity index (χ2n) is 7.96. The van der Waals surface area contributed by atoms with Crippen molar-refractivity contribution in [3.8, 4) is 0 Å². The Bertz CT molecular complexity index is 565. The molecule has 0 saturated heterocycles. The molecule has 8 heteroatoms. The van der Waals surface area contributed by atoms with Crippen LogP contribution in [-0.4, -0.2) is 47.4 Å². The molecule has 0 unspecified atom stereocenters. The van der Waals surface area contributed by atoms with Gasteiger partial charge in [-0.15, -0.1) is 24.0 Å². The molecular weight excluding hydrogens is 469 g/mol. The molecule has 28 heavy (non-hydrogen) atoms. The molecule has 1 aromatic heterocycles. The Hall–Kier alpha value is -0.900. The molecule has 0 aliphatic heterocycles. The first-order valence-electron chi connectivity index (χ1n) is 10.5. The zero-order valence-electron chi connectivity index (χ0n) is 17.7. The van der Waals surface area contributed by atoms with Gasteiger partial charge in [-0.1, -0.05) is 38.3 Å². The third kappa shape index (κ3) is 8.23. The Labute approximate surface area is 186 Å². The summed E-state index contributed by atoms with van der Waals surface area (Å²) in [7, 11) is 0. The molecule has 1 aromatic rings. The lowest BCUT2D eigenvalue weighted by Gasteiger charge is -2.35. The Morgan fingerprint density at radius 3 is 2.61 bits per heavy atom. The van der Waals surface area contributed by atoms with Crippen molar-refractivity contribution in [3.63, 3.8) is 0 Å². The summed E-state index contributed by atoms with van der Waals surface area (Å²) >= 11 is 0. The van der Waals surface area contributed by atoms with Gasteiger partial charge in [-0.3, -0.25) is 4.99 Å². The molecule has 0 atom stereocenters. The zero-order valence-corrected chi connectivity index (χ0v) is 20.0. The van der Waals surface area contributed by atoms with Crippen LogP contribution in [-0.2, 0) is 6.42 Å². The second kappa shape index (κ2) is 13.3. The Kier molecular flexibility index (Phi) is 12.0. The van der Waals surface area contributed by atoms with E-state index < -0.39 is 0 Å². The van der Waals surface area contributed by atoms with Crippen LogP contribution in [0.2, 0.25) is 0 Å². The topological polar surface area (TPSA) is 95.6 Å². The molecule has 1 heterocycles. The third-order valence-corrected chi connectivity index (χ3v) is 5.33. The van der Waals surface area contributed by atoms with Crippen molar-refractivity contribution in [1.29, 1.82) is 0 Å². The fourth-order valence-electron chi connectivity index (χ4n) is 3.67. The van der Waals surface area contributed by atoms with Crippen LogP contribution in [0.25, 0.3) is 0 Å². The number of aliphatic hydroxyl groups is 1. The highest BCUT2D eigenvalue weighted by Gasteiger charge is 2.31. The van der Waals surface area contributed by atoms with E-state index in [0.29, 0.717) is 11.8 Å². The van der Waals surface area contributed by atoms with E-state index >= 15 is 0 Å². The molecule has 1 aliphatic rings. The number of aromatic nitrogens is 2. The number of aliphatic hydroxyl groups excluding tert-OH is 1. The molecule has 0 bridgehead atoms. The van der Waals surface area contributed by atoms with Crippen molar-refractivity contribution in [1.82, 2.24) is 20.8 Å². The van der Waals surface area contributed by atoms with Crippen molar-refractivity contribution in [2.75, 3.05) is 26.2 Å². The number of aryl methyl sites for hydroxylation is 1. The molecule has 1 saturated carbocycles. The van der Waals surface area contributed by atoms with Crippen molar-refractivity contribution in [2.24, 2.45) is 10.4 Å². The van der Waals surface area contributed by atoms with Gasteiger partial charge in [0, 0.05) is 38.6 Å². The van der Waals surface area contributed by atoms with Crippen molar-refractivity contribution in [3.05, 3.63) is 11.7 Å². The number of nitrogens with one attached hydrogen (secondary N) is 2. The van der Waals surface area contributed by atoms with E-state index in [-0.39, 0.29) is 36.0 Å². The highest BCUT2D eigenvalue weighted by molar-refractivity contribution is 14.0. The number of aliphatic imine (C=N–C) groups is 1. The summed E-state index contributed by atoms with van der Waals surface area (Å²) in [6, 6.07) is 0. The molecule has 3 N–H and O–H groups in total. The van der Waals surface area contributed by atoms with Crippen LogP contribution >= 0.6 is 24.0 Å². The Morgan fingerprint density at radius 2 is 2.00 bits per heavy atom. The minimum Gasteiger partial charge on any atom is -0.396 e. The monoisotopic (exact) mass is 507 g/mol. The van der Waals surface area contributed by atoms with Crippen molar-refractivity contribution < 1.29 is 9.63 Å². The second-order valence-corrected chi connectivity index (χ2v) is 7.96. The van der Waals surface area contributed by atoms with E-state index in [1.54, 1.807) is 0 Å². The maximum atomic E-state index is 9.47. The van der Waals surface area contributed by atoms with Crippen LogP contribution in [0.5, 0.6) is 0 Å². The molecule has 0 amide bonds. The van der Waals surface area contributed by atoms with E-state index in [9.17, 15) is 5.11 Å². The third-order valence-electron chi connectivity index (χ3n) is 5.33. The van der Waals surface area contributed by atoms with E-state index in [2.05, 4.69) is 41.5 Å². The van der Waals surface area contributed by atoms with Gasteiger partial charge in [0.15, 0.2) is 11.8 Å². The van der Waals surface area contributed by atoms with Gasteiger partial charge in [0.1, 0.15) is 0 Å². The summed E-state index contributed by atoms with van der Waals surface area (Å²) in [5.41, 5.74) is 0.173. The normalized spacial score (nSPS) is 16.7. The number of hydrogen-bond acceptors (Lipinski definition) is 5. The summed E-state index contributed by atoms with van der Waals surface area (Å²) in [6.45, 7) is 8.87. The average Bonchev–Trinajstić information content (AvgIpc) is 3.13. The first-order chi connectivity index (χ1) is 13.1. The largest absolute Gasteiger partial charge is 0.396 e. The lowest BCUT2D eigenvalue weighted by atomic mass is 9.72. The summed E-state index contributed by atoms with van der Waals surface area (Å²) in [5.74, 6) is 2.62. The summed E-state index contributed by atoms with van der Waals surface area (Å²) in [4.78, 5) is 9.25. The minimum absolute atomic E-state index is 0. The van der Waals surface area contributed by atoms with Crippen LogP contribution < -0.4 is 10.6 Å². The van der Waals surface area contributed by atoms with E-state index in [0.717, 1.165) is 50.7 Å². The smallest absolute Gasteiger partial charge is 0.226 e. The Balaban J connectivity index is 0.00000392. The van der Waals surface area contributed by atoms with Crippen LogP contribution in [0.3, 0.4) is 0 Å². The number of rotatable bonds is 10. The van der Waals surface area contributed by atoms with Gasteiger partial charge in [-0.2, -0.15) is 4.98 Å². The maximum absolute atomic E-state index is 9.47. The van der Waals surface area contributed by atoms with Gasteiger partial charge in [0.25, 0.3) is 0 Å². The minimum atomic E-state index is 0. The van der Waals surface area contributed by atoms with Crippen LogP contribution in [0.4, 0.5) is 0 Å². The fraction of sp³-hybridized carbons (Fsp3) is 0.850. The van der Waals surface area contributed by atoms with Gasteiger partial charge in [0.05, 0.1) is 0 Å². The molecule has 7 nitrogen and oxygen atoms in total.